The molecule has 0 N–H and O–H groups in total. The second kappa shape index (κ2) is 5.20. The van der Waals surface area contributed by atoms with Crippen molar-refractivity contribution in [3.63, 3.8) is 0 Å². The van der Waals surface area contributed by atoms with Crippen molar-refractivity contribution in [1.29, 1.82) is 0 Å². The molecule has 1 heterocycles. The van der Waals surface area contributed by atoms with Crippen molar-refractivity contribution in [3.8, 4) is 0 Å². The Kier molecular flexibility index (Phi) is 4.40. The Morgan fingerprint density at radius 2 is 1.94 bits per heavy atom. The first-order valence-corrected chi connectivity index (χ1v) is 6.71. The normalized spacial score (nSPS) is 26.6. The van der Waals surface area contributed by atoms with E-state index in [1.807, 2.05) is 13.8 Å². The van der Waals surface area contributed by atoms with Crippen LogP contribution in [0.5, 0.6) is 0 Å². The molecule has 0 saturated carbocycles. The molecular weight excluding hydrogens is 198 g/mol. The molecule has 1 unspecified atom stereocenters. The smallest absolute Gasteiger partial charge is 0.225 e. The van der Waals surface area contributed by atoms with E-state index in [1.54, 1.807) is 0 Å². The molecule has 1 amide bonds. The Balaban J connectivity index is 2.76. The number of hydrogen-bond donors (Lipinski definition) is 0. The third-order valence-corrected chi connectivity index (χ3v) is 4.34. The summed E-state index contributed by atoms with van der Waals surface area (Å²) in [6, 6.07) is 0. The lowest BCUT2D eigenvalue weighted by atomic mass is 9.69. The molecule has 0 bridgehead atoms. The monoisotopic (exact) mass is 225 g/mol. The molecular formula is C14H27NO. The van der Waals surface area contributed by atoms with Gasteiger partial charge in [0.05, 0.1) is 0 Å². The van der Waals surface area contributed by atoms with Gasteiger partial charge in [-0.1, -0.05) is 34.6 Å². The molecule has 1 aliphatic rings. The first-order chi connectivity index (χ1) is 7.43. The standard InChI is InChI=1S/C14H27NO/c1-6-14(12(4)5)8-7-9-15(10-14)13(16)11(2)3/h11-12H,6-10H2,1-5H3. The number of rotatable bonds is 3. The van der Waals surface area contributed by atoms with Gasteiger partial charge in [0.25, 0.3) is 0 Å². The zero-order valence-electron chi connectivity index (χ0n) is 11.5. The lowest BCUT2D eigenvalue weighted by molar-refractivity contribution is -0.139. The van der Waals surface area contributed by atoms with E-state index in [1.165, 1.54) is 19.3 Å². The summed E-state index contributed by atoms with van der Waals surface area (Å²) in [5.74, 6) is 1.14. The fourth-order valence-corrected chi connectivity index (χ4v) is 2.88. The molecule has 1 rings (SSSR count). The van der Waals surface area contributed by atoms with E-state index < -0.39 is 0 Å². The maximum Gasteiger partial charge on any atom is 0.225 e. The molecule has 2 nitrogen and oxygen atoms in total. The van der Waals surface area contributed by atoms with Crippen LogP contribution in [0, 0.1) is 17.3 Å². The van der Waals surface area contributed by atoms with Gasteiger partial charge in [-0.15, -0.1) is 0 Å². The first kappa shape index (κ1) is 13.5. The van der Waals surface area contributed by atoms with Gasteiger partial charge in [0.15, 0.2) is 0 Å². The molecule has 0 aromatic heterocycles. The molecule has 0 aromatic carbocycles. The van der Waals surface area contributed by atoms with Crippen LogP contribution in [0.3, 0.4) is 0 Å². The van der Waals surface area contributed by atoms with Crippen molar-refractivity contribution in [2.24, 2.45) is 17.3 Å². The van der Waals surface area contributed by atoms with Crippen LogP contribution in [-0.4, -0.2) is 23.9 Å². The number of nitrogens with zero attached hydrogens (tertiary/aromatic N) is 1. The van der Waals surface area contributed by atoms with Crippen molar-refractivity contribution in [3.05, 3.63) is 0 Å². The Morgan fingerprint density at radius 3 is 2.38 bits per heavy atom. The second-order valence-corrected chi connectivity index (χ2v) is 5.89. The summed E-state index contributed by atoms with van der Waals surface area (Å²) in [6.45, 7) is 12.8. The molecule has 0 aliphatic carbocycles. The molecule has 1 aliphatic heterocycles. The quantitative estimate of drug-likeness (QED) is 0.721. The van der Waals surface area contributed by atoms with Gasteiger partial charge in [0, 0.05) is 19.0 Å². The molecule has 0 spiro atoms. The summed E-state index contributed by atoms with van der Waals surface area (Å²) in [6.07, 6.45) is 3.64. The molecule has 0 radical (unpaired) electrons. The first-order valence-electron chi connectivity index (χ1n) is 6.71. The second-order valence-electron chi connectivity index (χ2n) is 5.89. The summed E-state index contributed by atoms with van der Waals surface area (Å²) in [5, 5.41) is 0. The van der Waals surface area contributed by atoms with Crippen molar-refractivity contribution in [2.75, 3.05) is 13.1 Å². The zero-order valence-corrected chi connectivity index (χ0v) is 11.5. The number of carbonyl (C=O) groups is 1. The number of likely N-dealkylation sites (tertiary alicyclic amines) is 1. The minimum Gasteiger partial charge on any atom is -0.342 e. The highest BCUT2D eigenvalue weighted by molar-refractivity contribution is 5.78. The summed E-state index contributed by atoms with van der Waals surface area (Å²) < 4.78 is 0. The fraction of sp³-hybridized carbons (Fsp3) is 0.929. The van der Waals surface area contributed by atoms with Crippen LogP contribution in [0.15, 0.2) is 0 Å². The SMILES string of the molecule is CCC1(C(C)C)CCCN(C(=O)C(C)C)C1. The van der Waals surface area contributed by atoms with E-state index >= 15 is 0 Å². The highest BCUT2D eigenvalue weighted by Crippen LogP contribution is 2.40. The van der Waals surface area contributed by atoms with Crippen LogP contribution in [0.1, 0.15) is 53.9 Å². The molecule has 94 valence electrons. The van der Waals surface area contributed by atoms with Crippen molar-refractivity contribution in [1.82, 2.24) is 4.90 Å². The Labute approximate surface area is 100 Å². The average molecular weight is 225 g/mol. The van der Waals surface area contributed by atoms with Gasteiger partial charge in [-0.3, -0.25) is 4.79 Å². The predicted octanol–water partition coefficient (Wildman–Crippen LogP) is 3.32. The van der Waals surface area contributed by atoms with Crippen LogP contribution >= 0.6 is 0 Å². The van der Waals surface area contributed by atoms with E-state index in [4.69, 9.17) is 0 Å². The van der Waals surface area contributed by atoms with E-state index in [2.05, 4.69) is 25.7 Å². The van der Waals surface area contributed by atoms with Gasteiger partial charge in [0.2, 0.25) is 5.91 Å². The topological polar surface area (TPSA) is 20.3 Å². The van der Waals surface area contributed by atoms with E-state index in [0.29, 0.717) is 17.2 Å². The maximum atomic E-state index is 12.1. The minimum atomic E-state index is 0.139. The molecule has 0 aromatic rings. The van der Waals surface area contributed by atoms with Crippen LogP contribution in [0.4, 0.5) is 0 Å². The third-order valence-electron chi connectivity index (χ3n) is 4.34. The highest BCUT2D eigenvalue weighted by Gasteiger charge is 2.38. The van der Waals surface area contributed by atoms with Crippen molar-refractivity contribution < 1.29 is 4.79 Å². The van der Waals surface area contributed by atoms with Gasteiger partial charge in [-0.2, -0.15) is 0 Å². The molecule has 2 heteroatoms. The molecule has 1 fully saturated rings. The third kappa shape index (κ3) is 2.58. The molecule has 1 atom stereocenters. The highest BCUT2D eigenvalue weighted by atomic mass is 16.2. The summed E-state index contributed by atoms with van der Waals surface area (Å²) in [7, 11) is 0. The predicted molar refractivity (Wildman–Crippen MR) is 68.2 cm³/mol. The lowest BCUT2D eigenvalue weighted by Gasteiger charge is -2.45. The van der Waals surface area contributed by atoms with Gasteiger partial charge < -0.3 is 4.90 Å². The zero-order chi connectivity index (χ0) is 12.3. The van der Waals surface area contributed by atoms with Crippen molar-refractivity contribution in [2.45, 2.75) is 53.9 Å². The van der Waals surface area contributed by atoms with E-state index in [-0.39, 0.29) is 5.92 Å². The molecule has 16 heavy (non-hydrogen) atoms. The van der Waals surface area contributed by atoms with E-state index in [9.17, 15) is 4.79 Å². The average Bonchev–Trinajstić information content (AvgIpc) is 2.27. The summed E-state index contributed by atoms with van der Waals surface area (Å²) >= 11 is 0. The maximum absolute atomic E-state index is 12.1. The lowest BCUT2D eigenvalue weighted by Crippen LogP contribution is -2.49. The van der Waals surface area contributed by atoms with Gasteiger partial charge in [-0.25, -0.2) is 0 Å². The van der Waals surface area contributed by atoms with Crippen molar-refractivity contribution >= 4 is 5.91 Å². The van der Waals surface area contributed by atoms with Crippen LogP contribution in [0.2, 0.25) is 0 Å². The Bertz CT molecular complexity index is 247. The minimum absolute atomic E-state index is 0.139. The van der Waals surface area contributed by atoms with Gasteiger partial charge in [0.1, 0.15) is 0 Å². The number of amides is 1. The van der Waals surface area contributed by atoms with Gasteiger partial charge >= 0.3 is 0 Å². The fourth-order valence-electron chi connectivity index (χ4n) is 2.88. The number of piperidine rings is 1. The van der Waals surface area contributed by atoms with E-state index in [0.717, 1.165) is 13.1 Å². The summed E-state index contributed by atoms with van der Waals surface area (Å²) in [5.41, 5.74) is 0.364. The Hall–Kier alpha value is -0.530. The van der Waals surface area contributed by atoms with Crippen LogP contribution in [-0.2, 0) is 4.79 Å². The Morgan fingerprint density at radius 1 is 1.31 bits per heavy atom. The summed E-state index contributed by atoms with van der Waals surface area (Å²) in [4.78, 5) is 14.1. The van der Waals surface area contributed by atoms with Gasteiger partial charge in [-0.05, 0) is 30.6 Å². The largest absolute Gasteiger partial charge is 0.342 e. The van der Waals surface area contributed by atoms with Crippen LogP contribution in [0.25, 0.3) is 0 Å². The number of carbonyl (C=O) groups excluding carboxylic acids is 1. The van der Waals surface area contributed by atoms with Crippen LogP contribution < -0.4 is 0 Å². The number of hydrogen-bond acceptors (Lipinski definition) is 1. The molecule has 1 saturated heterocycles.